The number of piperidine rings is 1. The predicted octanol–water partition coefficient (Wildman–Crippen LogP) is 2.88. The zero-order valence-electron chi connectivity index (χ0n) is 10.9. The summed E-state index contributed by atoms with van der Waals surface area (Å²) >= 11 is 5.96. The van der Waals surface area contributed by atoms with Crippen molar-refractivity contribution in [2.24, 2.45) is 0 Å². The lowest BCUT2D eigenvalue weighted by molar-refractivity contribution is 0.203. The molecule has 2 aliphatic rings. The lowest BCUT2D eigenvalue weighted by Gasteiger charge is -2.36. The first kappa shape index (κ1) is 12.5. The van der Waals surface area contributed by atoms with E-state index < -0.39 is 0 Å². The Balaban J connectivity index is 1.68. The van der Waals surface area contributed by atoms with Crippen LogP contribution in [0.4, 0.5) is 0 Å². The van der Waals surface area contributed by atoms with Gasteiger partial charge in [0.15, 0.2) is 0 Å². The monoisotopic (exact) mass is 264 g/mol. The number of benzene rings is 1. The molecule has 1 aliphatic carbocycles. The summed E-state index contributed by atoms with van der Waals surface area (Å²) in [6.07, 6.45) is 3.99. The minimum Gasteiger partial charge on any atom is -0.310 e. The Labute approximate surface area is 114 Å². The zero-order chi connectivity index (χ0) is 12.5. The fourth-order valence-corrected chi connectivity index (χ4v) is 3.13. The van der Waals surface area contributed by atoms with E-state index in [0.717, 1.165) is 17.6 Å². The van der Waals surface area contributed by atoms with Crippen molar-refractivity contribution in [1.29, 1.82) is 0 Å². The van der Waals surface area contributed by atoms with E-state index >= 15 is 0 Å². The maximum Gasteiger partial charge on any atom is 0.0406 e. The minimum atomic E-state index is 0.636. The third-order valence-electron chi connectivity index (χ3n) is 4.02. The molecular weight excluding hydrogens is 244 g/mol. The van der Waals surface area contributed by atoms with Gasteiger partial charge in [-0.1, -0.05) is 23.7 Å². The number of nitrogens with one attached hydrogen (secondary N) is 1. The average molecular weight is 265 g/mol. The van der Waals surface area contributed by atoms with Crippen LogP contribution in [0.2, 0.25) is 5.02 Å². The van der Waals surface area contributed by atoms with E-state index in [9.17, 15) is 0 Å². The molecule has 1 aromatic carbocycles. The molecule has 1 saturated carbocycles. The van der Waals surface area contributed by atoms with Crippen molar-refractivity contribution in [1.82, 2.24) is 10.2 Å². The molecule has 0 bridgehead atoms. The molecular formula is C15H21ClN2. The van der Waals surface area contributed by atoms with Crippen LogP contribution in [0.15, 0.2) is 24.3 Å². The summed E-state index contributed by atoms with van der Waals surface area (Å²) in [6.45, 7) is 2.34. The van der Waals surface area contributed by atoms with Crippen molar-refractivity contribution < 1.29 is 0 Å². The highest BCUT2D eigenvalue weighted by Crippen LogP contribution is 2.29. The van der Waals surface area contributed by atoms with Crippen LogP contribution >= 0.6 is 11.6 Å². The van der Waals surface area contributed by atoms with Gasteiger partial charge >= 0.3 is 0 Å². The molecule has 1 N–H and O–H groups in total. The van der Waals surface area contributed by atoms with Gasteiger partial charge in [0.1, 0.15) is 0 Å². The molecule has 3 rings (SSSR count). The number of hydrogen-bond acceptors (Lipinski definition) is 2. The summed E-state index contributed by atoms with van der Waals surface area (Å²) in [7, 11) is 2.23. The summed E-state index contributed by atoms with van der Waals surface area (Å²) in [5.74, 6) is 0.636. The van der Waals surface area contributed by atoms with Crippen molar-refractivity contribution >= 4 is 11.6 Å². The summed E-state index contributed by atoms with van der Waals surface area (Å²) < 4.78 is 0. The van der Waals surface area contributed by atoms with Crippen molar-refractivity contribution in [3.8, 4) is 0 Å². The van der Waals surface area contributed by atoms with Crippen molar-refractivity contribution in [3.05, 3.63) is 34.9 Å². The first-order valence-corrected chi connectivity index (χ1v) is 7.28. The molecule has 3 heteroatoms. The molecule has 2 unspecified atom stereocenters. The van der Waals surface area contributed by atoms with Gasteiger partial charge in [-0.05, 0) is 49.9 Å². The van der Waals surface area contributed by atoms with Gasteiger partial charge in [0.05, 0.1) is 0 Å². The summed E-state index contributed by atoms with van der Waals surface area (Å²) in [5, 5.41) is 4.60. The van der Waals surface area contributed by atoms with E-state index in [4.69, 9.17) is 11.6 Å². The van der Waals surface area contributed by atoms with Gasteiger partial charge < -0.3 is 10.2 Å². The predicted molar refractivity (Wildman–Crippen MR) is 76.3 cm³/mol. The molecule has 0 amide bonds. The van der Waals surface area contributed by atoms with Crippen molar-refractivity contribution in [2.75, 3.05) is 20.1 Å². The second kappa shape index (κ2) is 5.20. The second-order valence-corrected chi connectivity index (χ2v) is 6.28. The van der Waals surface area contributed by atoms with Crippen LogP contribution in [0.25, 0.3) is 0 Å². The second-order valence-electron chi connectivity index (χ2n) is 5.84. The molecule has 0 aromatic heterocycles. The smallest absolute Gasteiger partial charge is 0.0406 e. The Kier molecular flexibility index (Phi) is 3.60. The highest BCUT2D eigenvalue weighted by Gasteiger charge is 2.30. The lowest BCUT2D eigenvalue weighted by Crippen LogP contribution is -2.47. The Morgan fingerprint density at radius 2 is 1.83 bits per heavy atom. The maximum absolute atomic E-state index is 5.96. The fourth-order valence-electron chi connectivity index (χ4n) is 3.00. The fraction of sp³-hybridized carbons (Fsp3) is 0.600. The normalized spacial score (nSPS) is 29.4. The number of likely N-dealkylation sites (N-methyl/N-ethyl adjacent to an activating group) is 1. The van der Waals surface area contributed by atoms with Crippen LogP contribution in [-0.4, -0.2) is 37.1 Å². The number of likely N-dealkylation sites (tertiary alicyclic amines) is 1. The summed E-state index contributed by atoms with van der Waals surface area (Å²) in [4.78, 5) is 2.45. The molecule has 0 radical (unpaired) electrons. The first-order chi connectivity index (χ1) is 8.70. The Morgan fingerprint density at radius 1 is 1.11 bits per heavy atom. The van der Waals surface area contributed by atoms with Gasteiger partial charge in [0.2, 0.25) is 0 Å². The molecule has 0 spiro atoms. The molecule has 18 heavy (non-hydrogen) atoms. The molecule has 1 heterocycles. The zero-order valence-corrected chi connectivity index (χ0v) is 11.7. The van der Waals surface area contributed by atoms with E-state index in [1.54, 1.807) is 0 Å². The number of halogens is 1. The summed E-state index contributed by atoms with van der Waals surface area (Å²) in [5.41, 5.74) is 1.42. The SMILES string of the molecule is CN1CC(NC2CC2)CC(c2ccc(Cl)cc2)C1. The average Bonchev–Trinajstić information content (AvgIpc) is 3.13. The highest BCUT2D eigenvalue weighted by atomic mass is 35.5. The molecule has 1 aromatic rings. The molecule has 2 nitrogen and oxygen atoms in total. The van der Waals surface area contributed by atoms with Gasteiger partial charge in [-0.15, -0.1) is 0 Å². The quantitative estimate of drug-likeness (QED) is 0.903. The van der Waals surface area contributed by atoms with Gasteiger partial charge in [0.25, 0.3) is 0 Å². The van der Waals surface area contributed by atoms with Crippen LogP contribution in [0.1, 0.15) is 30.7 Å². The third kappa shape index (κ3) is 3.05. The van der Waals surface area contributed by atoms with Gasteiger partial charge in [-0.2, -0.15) is 0 Å². The molecule has 2 fully saturated rings. The van der Waals surface area contributed by atoms with Crippen LogP contribution in [0.5, 0.6) is 0 Å². The van der Waals surface area contributed by atoms with Crippen LogP contribution < -0.4 is 5.32 Å². The standard InChI is InChI=1S/C15H21ClN2/c1-18-9-12(11-2-4-13(16)5-3-11)8-15(10-18)17-14-6-7-14/h2-5,12,14-15,17H,6-10H2,1H3. The molecule has 1 aliphatic heterocycles. The number of rotatable bonds is 3. The van der Waals surface area contributed by atoms with Crippen LogP contribution in [0.3, 0.4) is 0 Å². The Bertz CT molecular complexity index is 397. The van der Waals surface area contributed by atoms with E-state index in [1.165, 1.54) is 31.4 Å². The van der Waals surface area contributed by atoms with E-state index in [2.05, 4.69) is 29.4 Å². The summed E-state index contributed by atoms with van der Waals surface area (Å²) in [6, 6.07) is 9.83. The van der Waals surface area contributed by atoms with Gasteiger partial charge in [0, 0.05) is 30.2 Å². The molecule has 1 saturated heterocycles. The van der Waals surface area contributed by atoms with Crippen molar-refractivity contribution in [2.45, 2.75) is 37.3 Å². The number of hydrogen-bond donors (Lipinski definition) is 1. The van der Waals surface area contributed by atoms with Crippen LogP contribution in [0, 0.1) is 0 Å². The molecule has 98 valence electrons. The Morgan fingerprint density at radius 3 is 2.50 bits per heavy atom. The van der Waals surface area contributed by atoms with E-state index in [-0.39, 0.29) is 0 Å². The lowest BCUT2D eigenvalue weighted by atomic mass is 9.88. The van der Waals surface area contributed by atoms with Gasteiger partial charge in [-0.25, -0.2) is 0 Å². The van der Waals surface area contributed by atoms with Crippen LogP contribution in [-0.2, 0) is 0 Å². The van der Waals surface area contributed by atoms with E-state index in [1.807, 2.05) is 12.1 Å². The van der Waals surface area contributed by atoms with Crippen molar-refractivity contribution in [3.63, 3.8) is 0 Å². The Hall–Kier alpha value is -0.570. The number of nitrogens with zero attached hydrogens (tertiary/aromatic N) is 1. The highest BCUT2D eigenvalue weighted by molar-refractivity contribution is 6.30. The first-order valence-electron chi connectivity index (χ1n) is 6.91. The van der Waals surface area contributed by atoms with Gasteiger partial charge in [-0.3, -0.25) is 0 Å². The maximum atomic E-state index is 5.96. The largest absolute Gasteiger partial charge is 0.310 e. The third-order valence-corrected chi connectivity index (χ3v) is 4.28. The molecule has 2 atom stereocenters. The minimum absolute atomic E-state index is 0.636. The topological polar surface area (TPSA) is 15.3 Å². The van der Waals surface area contributed by atoms with E-state index in [0.29, 0.717) is 12.0 Å².